The summed E-state index contributed by atoms with van der Waals surface area (Å²) in [6.07, 6.45) is 7.19. The average molecular weight is 451 g/mol. The first-order valence-corrected chi connectivity index (χ1v) is 11.8. The highest BCUT2D eigenvalue weighted by Gasteiger charge is 2.37. The molecule has 0 saturated carbocycles. The molecule has 0 bridgehead atoms. The largest absolute Gasteiger partial charge is 0.384 e. The molecule has 2 aliphatic heterocycles. The quantitative estimate of drug-likeness (QED) is 0.660. The van der Waals surface area contributed by atoms with Crippen molar-refractivity contribution < 1.29 is 14.3 Å². The van der Waals surface area contributed by atoms with Crippen LogP contribution in [0.15, 0.2) is 18.2 Å². The molecule has 1 fully saturated rings. The molecule has 4 rings (SSSR count). The predicted molar refractivity (Wildman–Crippen MR) is 128 cm³/mol. The molecule has 7 nitrogen and oxygen atoms in total. The summed E-state index contributed by atoms with van der Waals surface area (Å²) in [7, 11) is 1.62. The number of nitriles is 1. The molecule has 33 heavy (non-hydrogen) atoms. The standard InChI is InChI=1S/C26H34N4O3/c1-17(2)22-15-29(10-11-30(22)23(31)9-12-32-5)25-20(14-27)19-13-26(3,4)33-16-21(19)24(28-25)18-7-6-8-18/h6-8,17,22H,9-13,15-16H2,1-5H3. The van der Waals surface area contributed by atoms with E-state index in [9.17, 15) is 10.1 Å². The van der Waals surface area contributed by atoms with Crippen molar-refractivity contribution in [3.63, 3.8) is 0 Å². The number of carbonyl (C=O) groups is 1. The van der Waals surface area contributed by atoms with Crippen LogP contribution in [0.2, 0.25) is 0 Å². The van der Waals surface area contributed by atoms with Crippen LogP contribution in [0, 0.1) is 17.2 Å². The molecule has 1 unspecified atom stereocenters. The molecule has 1 aromatic rings. The minimum absolute atomic E-state index is 0.0542. The van der Waals surface area contributed by atoms with Gasteiger partial charge in [-0.05, 0) is 25.3 Å². The van der Waals surface area contributed by atoms with Crippen molar-refractivity contribution in [3.8, 4) is 6.07 Å². The summed E-state index contributed by atoms with van der Waals surface area (Å²) in [5.74, 6) is 1.14. The number of anilines is 1. The number of aromatic nitrogens is 1. The monoisotopic (exact) mass is 450 g/mol. The number of methoxy groups -OCH3 is 1. The van der Waals surface area contributed by atoms with Gasteiger partial charge in [-0.3, -0.25) is 4.79 Å². The van der Waals surface area contributed by atoms with E-state index in [1.807, 2.05) is 11.0 Å². The number of pyridine rings is 1. The molecule has 3 heterocycles. The Hall–Kier alpha value is -2.69. The third-order valence-corrected chi connectivity index (χ3v) is 6.87. The predicted octanol–water partition coefficient (Wildman–Crippen LogP) is 3.47. The Morgan fingerprint density at radius 1 is 1.36 bits per heavy atom. The molecular formula is C26H34N4O3. The van der Waals surface area contributed by atoms with Crippen molar-refractivity contribution in [2.24, 2.45) is 5.92 Å². The summed E-state index contributed by atoms with van der Waals surface area (Å²) in [5, 5.41) is 10.2. The normalized spacial score (nSPS) is 21.4. The van der Waals surface area contributed by atoms with Crippen molar-refractivity contribution in [1.29, 1.82) is 5.26 Å². The summed E-state index contributed by atoms with van der Waals surface area (Å²) in [6.45, 7) is 11.2. The van der Waals surface area contributed by atoms with Crippen molar-refractivity contribution in [3.05, 3.63) is 40.6 Å². The average Bonchev–Trinajstić information content (AvgIpc) is 2.74. The van der Waals surface area contributed by atoms with E-state index < -0.39 is 0 Å². The maximum atomic E-state index is 12.8. The van der Waals surface area contributed by atoms with Gasteiger partial charge in [-0.15, -0.1) is 0 Å². The highest BCUT2D eigenvalue weighted by atomic mass is 16.5. The minimum Gasteiger partial charge on any atom is -0.384 e. The van der Waals surface area contributed by atoms with Gasteiger partial charge in [0.25, 0.3) is 0 Å². The second-order valence-electron chi connectivity index (χ2n) is 10.0. The third-order valence-electron chi connectivity index (χ3n) is 6.87. The van der Waals surface area contributed by atoms with Crippen molar-refractivity contribution in [2.75, 3.05) is 38.3 Å². The molecule has 1 aromatic heterocycles. The van der Waals surface area contributed by atoms with Gasteiger partial charge < -0.3 is 19.3 Å². The number of hydrogen-bond acceptors (Lipinski definition) is 6. The fraction of sp³-hybridized carbons (Fsp3) is 0.577. The van der Waals surface area contributed by atoms with E-state index in [0.717, 1.165) is 28.2 Å². The smallest absolute Gasteiger partial charge is 0.225 e. The molecular weight excluding hydrogens is 416 g/mol. The van der Waals surface area contributed by atoms with Crippen LogP contribution in [-0.2, 0) is 27.3 Å². The van der Waals surface area contributed by atoms with Gasteiger partial charge >= 0.3 is 0 Å². The van der Waals surface area contributed by atoms with Gasteiger partial charge in [-0.25, -0.2) is 4.98 Å². The SMILES string of the molecule is COCCC(=O)N1CCN(c2nc(C3=CC=C3)c3c(c2C#N)CC(C)(C)OC3)CC1C(C)C. The van der Waals surface area contributed by atoms with Crippen molar-refractivity contribution in [1.82, 2.24) is 9.88 Å². The van der Waals surface area contributed by atoms with Crippen molar-refractivity contribution in [2.45, 2.75) is 58.8 Å². The number of carbonyl (C=O) groups excluding carboxylic acids is 1. The Morgan fingerprint density at radius 3 is 2.73 bits per heavy atom. The van der Waals surface area contributed by atoms with Gasteiger partial charge in [0.1, 0.15) is 11.9 Å². The number of rotatable bonds is 6. The van der Waals surface area contributed by atoms with Gasteiger partial charge in [0.2, 0.25) is 5.91 Å². The summed E-state index contributed by atoms with van der Waals surface area (Å²) < 4.78 is 11.2. The summed E-state index contributed by atoms with van der Waals surface area (Å²) in [6, 6.07) is 2.53. The van der Waals surface area contributed by atoms with Gasteiger partial charge in [0.15, 0.2) is 0 Å². The van der Waals surface area contributed by atoms with E-state index in [2.05, 4.69) is 50.8 Å². The molecule has 3 aliphatic rings. The van der Waals surface area contributed by atoms with E-state index in [0.29, 0.717) is 51.3 Å². The molecule has 0 spiro atoms. The molecule has 0 radical (unpaired) electrons. The number of ether oxygens (including phenoxy) is 2. The van der Waals surface area contributed by atoms with Gasteiger partial charge in [0.05, 0.1) is 42.5 Å². The summed E-state index contributed by atoms with van der Waals surface area (Å²) >= 11 is 0. The van der Waals surface area contributed by atoms with E-state index in [1.165, 1.54) is 0 Å². The maximum Gasteiger partial charge on any atom is 0.225 e. The van der Waals surface area contributed by atoms with Crippen LogP contribution in [0.3, 0.4) is 0 Å². The molecule has 0 aromatic carbocycles. The second-order valence-corrected chi connectivity index (χ2v) is 10.0. The minimum atomic E-state index is -0.328. The van der Waals surface area contributed by atoms with Crippen molar-refractivity contribution >= 4 is 17.3 Å². The van der Waals surface area contributed by atoms with E-state index >= 15 is 0 Å². The van der Waals surface area contributed by atoms with Crippen LogP contribution in [0.1, 0.15) is 56.5 Å². The number of allylic oxidation sites excluding steroid dienone is 4. The van der Waals surface area contributed by atoms with Gasteiger partial charge in [-0.2, -0.15) is 5.26 Å². The molecule has 0 N–H and O–H groups in total. The molecule has 7 heteroatoms. The Labute approximate surface area is 196 Å². The fourth-order valence-corrected chi connectivity index (χ4v) is 4.90. The molecule has 1 amide bonds. The van der Waals surface area contributed by atoms with E-state index in [4.69, 9.17) is 14.5 Å². The first-order chi connectivity index (χ1) is 15.8. The fourth-order valence-electron chi connectivity index (χ4n) is 4.90. The van der Waals surface area contributed by atoms with Crippen LogP contribution in [0.5, 0.6) is 0 Å². The Morgan fingerprint density at radius 2 is 2.12 bits per heavy atom. The molecule has 176 valence electrons. The molecule has 1 aliphatic carbocycles. The third kappa shape index (κ3) is 4.55. The summed E-state index contributed by atoms with van der Waals surface area (Å²) in [5.41, 5.74) is 4.39. The Kier molecular flexibility index (Phi) is 6.60. The zero-order chi connectivity index (χ0) is 23.8. The highest BCUT2D eigenvalue weighted by molar-refractivity contribution is 5.83. The topological polar surface area (TPSA) is 78.7 Å². The van der Waals surface area contributed by atoms with Crippen LogP contribution >= 0.6 is 0 Å². The second kappa shape index (κ2) is 9.28. The highest BCUT2D eigenvalue weighted by Crippen LogP contribution is 2.39. The van der Waals surface area contributed by atoms with E-state index in [-0.39, 0.29) is 23.5 Å². The first kappa shape index (κ1) is 23.5. The zero-order valence-electron chi connectivity index (χ0n) is 20.4. The zero-order valence-corrected chi connectivity index (χ0v) is 20.4. The summed E-state index contributed by atoms with van der Waals surface area (Å²) in [4.78, 5) is 22.1. The Balaban J connectivity index is 1.72. The lowest BCUT2D eigenvalue weighted by Gasteiger charge is -2.44. The number of nitrogens with zero attached hydrogens (tertiary/aromatic N) is 4. The number of amides is 1. The van der Waals surface area contributed by atoms with Crippen LogP contribution in [-0.4, -0.2) is 60.8 Å². The van der Waals surface area contributed by atoms with Gasteiger partial charge in [-0.1, -0.05) is 32.1 Å². The number of piperazine rings is 1. The molecule has 1 saturated heterocycles. The van der Waals surface area contributed by atoms with Crippen LogP contribution in [0.25, 0.3) is 5.57 Å². The number of hydrogen-bond donors (Lipinski definition) is 0. The lowest BCUT2D eigenvalue weighted by molar-refractivity contribution is -0.135. The maximum absolute atomic E-state index is 12.8. The lowest BCUT2D eigenvalue weighted by atomic mass is 9.85. The lowest BCUT2D eigenvalue weighted by Crippen LogP contribution is -2.57. The number of fused-ring (bicyclic) bond motifs is 1. The molecule has 1 atom stereocenters. The van der Waals surface area contributed by atoms with Crippen LogP contribution < -0.4 is 4.90 Å². The first-order valence-electron chi connectivity index (χ1n) is 11.8. The van der Waals surface area contributed by atoms with E-state index in [1.54, 1.807) is 7.11 Å². The van der Waals surface area contributed by atoms with Gasteiger partial charge in [0, 0.05) is 44.3 Å². The Bertz CT molecular complexity index is 1030. The van der Waals surface area contributed by atoms with Crippen LogP contribution in [0.4, 0.5) is 5.82 Å².